The van der Waals surface area contributed by atoms with Gasteiger partial charge in [-0.25, -0.2) is 0 Å². The predicted molar refractivity (Wildman–Crippen MR) is 76.5 cm³/mol. The van der Waals surface area contributed by atoms with Crippen molar-refractivity contribution >= 4 is 21.8 Å². The highest BCUT2D eigenvalue weighted by Crippen LogP contribution is 2.17. The van der Waals surface area contributed by atoms with Gasteiger partial charge in [0.15, 0.2) is 0 Å². The molecule has 0 aliphatic carbocycles. The maximum Gasteiger partial charge on any atom is 0.224 e. The number of hydrogen-bond donors (Lipinski definition) is 2. The molecule has 0 spiro atoms. The third-order valence-corrected chi connectivity index (χ3v) is 3.95. The lowest BCUT2D eigenvalue weighted by molar-refractivity contribution is -0.122. The summed E-state index contributed by atoms with van der Waals surface area (Å²) in [5.74, 6) is 0.113. The van der Waals surface area contributed by atoms with Crippen molar-refractivity contribution in [3.05, 3.63) is 34.3 Å². The molecule has 1 aromatic carbocycles. The molecule has 98 valence electrons. The maximum atomic E-state index is 12.0. The molecule has 1 aliphatic rings. The van der Waals surface area contributed by atoms with E-state index in [0.29, 0.717) is 6.42 Å². The van der Waals surface area contributed by atoms with Crippen LogP contribution in [0.25, 0.3) is 0 Å². The highest BCUT2D eigenvalue weighted by Gasteiger charge is 2.27. The van der Waals surface area contributed by atoms with E-state index in [4.69, 9.17) is 0 Å². The van der Waals surface area contributed by atoms with Crippen LogP contribution in [0, 0.1) is 0 Å². The maximum absolute atomic E-state index is 12.0. The third kappa shape index (κ3) is 3.82. The van der Waals surface area contributed by atoms with Crippen molar-refractivity contribution in [2.24, 2.45) is 0 Å². The number of nitrogens with one attached hydrogen (secondary N) is 2. The summed E-state index contributed by atoms with van der Waals surface area (Å²) >= 11 is 3.39. The standard InChI is InChI=1S/C14H19BrN2O/c1-14(6-8-16-9-7-14)17-13(18)10-11-2-4-12(15)5-3-11/h2-5,16H,6-10H2,1H3,(H,17,18). The molecular weight excluding hydrogens is 292 g/mol. The van der Waals surface area contributed by atoms with Gasteiger partial charge in [-0.15, -0.1) is 0 Å². The smallest absolute Gasteiger partial charge is 0.224 e. The van der Waals surface area contributed by atoms with Gasteiger partial charge in [0.1, 0.15) is 0 Å². The Morgan fingerprint density at radius 2 is 1.94 bits per heavy atom. The van der Waals surface area contributed by atoms with Crippen LogP contribution in [0.1, 0.15) is 25.3 Å². The van der Waals surface area contributed by atoms with Crippen molar-refractivity contribution in [3.63, 3.8) is 0 Å². The van der Waals surface area contributed by atoms with Gasteiger partial charge in [0.2, 0.25) is 5.91 Å². The van der Waals surface area contributed by atoms with Gasteiger partial charge in [0.05, 0.1) is 6.42 Å². The summed E-state index contributed by atoms with van der Waals surface area (Å²) in [5.41, 5.74) is 1.01. The number of piperidine rings is 1. The summed E-state index contributed by atoms with van der Waals surface area (Å²) in [6.07, 6.45) is 2.45. The predicted octanol–water partition coefficient (Wildman–Crippen LogP) is 2.25. The molecular formula is C14H19BrN2O. The first-order valence-corrected chi connectivity index (χ1v) is 7.13. The summed E-state index contributed by atoms with van der Waals surface area (Å²) in [6.45, 7) is 4.09. The molecule has 3 nitrogen and oxygen atoms in total. The van der Waals surface area contributed by atoms with Gasteiger partial charge in [-0.05, 0) is 50.6 Å². The van der Waals surface area contributed by atoms with Gasteiger partial charge >= 0.3 is 0 Å². The van der Waals surface area contributed by atoms with Crippen molar-refractivity contribution in [1.82, 2.24) is 10.6 Å². The van der Waals surface area contributed by atoms with Crippen LogP contribution in [0.2, 0.25) is 0 Å². The summed E-state index contributed by atoms with van der Waals surface area (Å²) in [4.78, 5) is 12.0. The van der Waals surface area contributed by atoms with Crippen molar-refractivity contribution in [3.8, 4) is 0 Å². The van der Waals surface area contributed by atoms with Gasteiger partial charge in [0.25, 0.3) is 0 Å². The molecule has 1 fully saturated rings. The highest BCUT2D eigenvalue weighted by molar-refractivity contribution is 9.10. The second-order valence-electron chi connectivity index (χ2n) is 5.16. The normalized spacial score (nSPS) is 18.3. The molecule has 0 aromatic heterocycles. The second-order valence-corrected chi connectivity index (χ2v) is 6.08. The largest absolute Gasteiger partial charge is 0.351 e. The molecule has 18 heavy (non-hydrogen) atoms. The van der Waals surface area contributed by atoms with Gasteiger partial charge < -0.3 is 10.6 Å². The highest BCUT2D eigenvalue weighted by atomic mass is 79.9. The van der Waals surface area contributed by atoms with Crippen LogP contribution in [0.4, 0.5) is 0 Å². The molecule has 1 aliphatic heterocycles. The minimum absolute atomic E-state index is 0.0440. The zero-order valence-corrected chi connectivity index (χ0v) is 12.2. The van der Waals surface area contributed by atoms with E-state index in [-0.39, 0.29) is 11.4 Å². The van der Waals surface area contributed by atoms with Crippen LogP contribution < -0.4 is 10.6 Å². The molecule has 1 saturated heterocycles. The fourth-order valence-electron chi connectivity index (χ4n) is 2.27. The fourth-order valence-corrected chi connectivity index (χ4v) is 2.54. The monoisotopic (exact) mass is 310 g/mol. The van der Waals surface area contributed by atoms with Crippen LogP contribution in [-0.4, -0.2) is 24.5 Å². The Morgan fingerprint density at radius 1 is 1.33 bits per heavy atom. The molecule has 1 aromatic rings. The van der Waals surface area contributed by atoms with Crippen LogP contribution in [0.15, 0.2) is 28.7 Å². The Hall–Kier alpha value is -0.870. The lowest BCUT2D eigenvalue weighted by Gasteiger charge is -2.35. The van der Waals surface area contributed by atoms with E-state index in [0.717, 1.165) is 36.0 Å². The first kappa shape index (κ1) is 13.6. The van der Waals surface area contributed by atoms with E-state index in [1.807, 2.05) is 24.3 Å². The Kier molecular flexibility index (Phi) is 4.40. The van der Waals surface area contributed by atoms with E-state index in [1.165, 1.54) is 0 Å². The lowest BCUT2D eigenvalue weighted by Crippen LogP contribution is -2.52. The Balaban J connectivity index is 1.90. The molecule has 0 bridgehead atoms. The number of hydrogen-bond acceptors (Lipinski definition) is 2. The molecule has 0 saturated carbocycles. The SMILES string of the molecule is CC1(NC(=O)Cc2ccc(Br)cc2)CCNCC1. The Morgan fingerprint density at radius 3 is 2.56 bits per heavy atom. The molecule has 1 amide bonds. The zero-order valence-electron chi connectivity index (χ0n) is 10.6. The third-order valence-electron chi connectivity index (χ3n) is 3.43. The quantitative estimate of drug-likeness (QED) is 0.899. The van der Waals surface area contributed by atoms with E-state index >= 15 is 0 Å². The topological polar surface area (TPSA) is 41.1 Å². The summed E-state index contributed by atoms with van der Waals surface area (Å²) in [7, 11) is 0. The van der Waals surface area contributed by atoms with Gasteiger partial charge in [0, 0.05) is 10.0 Å². The Labute approximate surface area is 116 Å². The van der Waals surface area contributed by atoms with Crippen LogP contribution in [0.3, 0.4) is 0 Å². The van der Waals surface area contributed by atoms with Crippen LogP contribution >= 0.6 is 15.9 Å². The zero-order chi connectivity index (χ0) is 13.0. The summed E-state index contributed by atoms with van der Waals surface area (Å²) < 4.78 is 1.04. The van der Waals surface area contributed by atoms with E-state index < -0.39 is 0 Å². The van der Waals surface area contributed by atoms with Crippen LogP contribution in [-0.2, 0) is 11.2 Å². The second kappa shape index (κ2) is 5.85. The fraction of sp³-hybridized carbons (Fsp3) is 0.500. The average molecular weight is 311 g/mol. The minimum atomic E-state index is -0.0440. The number of halogens is 1. The number of carbonyl (C=O) groups is 1. The number of rotatable bonds is 3. The van der Waals surface area contributed by atoms with Crippen molar-refractivity contribution < 1.29 is 4.79 Å². The van der Waals surface area contributed by atoms with Crippen molar-refractivity contribution in [2.75, 3.05) is 13.1 Å². The van der Waals surface area contributed by atoms with E-state index in [9.17, 15) is 4.79 Å². The number of amides is 1. The molecule has 2 rings (SSSR count). The van der Waals surface area contributed by atoms with E-state index in [2.05, 4.69) is 33.5 Å². The lowest BCUT2D eigenvalue weighted by atomic mass is 9.90. The van der Waals surface area contributed by atoms with Gasteiger partial charge in [-0.3, -0.25) is 4.79 Å². The first-order valence-electron chi connectivity index (χ1n) is 6.34. The minimum Gasteiger partial charge on any atom is -0.351 e. The van der Waals surface area contributed by atoms with Crippen molar-refractivity contribution in [2.45, 2.75) is 31.7 Å². The van der Waals surface area contributed by atoms with Crippen LogP contribution in [0.5, 0.6) is 0 Å². The van der Waals surface area contributed by atoms with Gasteiger partial charge in [-0.2, -0.15) is 0 Å². The van der Waals surface area contributed by atoms with E-state index in [1.54, 1.807) is 0 Å². The van der Waals surface area contributed by atoms with Gasteiger partial charge in [-0.1, -0.05) is 28.1 Å². The van der Waals surface area contributed by atoms with Crippen molar-refractivity contribution in [1.29, 1.82) is 0 Å². The molecule has 1 heterocycles. The molecule has 2 N–H and O–H groups in total. The molecule has 0 atom stereocenters. The molecule has 0 radical (unpaired) electrons. The number of benzene rings is 1. The summed E-state index contributed by atoms with van der Waals surface area (Å²) in [6, 6.07) is 7.90. The Bertz CT molecular complexity index is 410. The average Bonchev–Trinajstić information content (AvgIpc) is 2.32. The summed E-state index contributed by atoms with van der Waals surface area (Å²) in [5, 5.41) is 6.48. The molecule has 4 heteroatoms. The number of carbonyl (C=O) groups excluding carboxylic acids is 1. The first-order chi connectivity index (χ1) is 8.57. The molecule has 0 unspecified atom stereocenters.